The first kappa shape index (κ1) is 18.3. The van der Waals surface area contributed by atoms with Gasteiger partial charge in [-0.25, -0.2) is 0 Å². The van der Waals surface area contributed by atoms with Gasteiger partial charge < -0.3 is 18.8 Å². The largest absolute Gasteiger partial charge is 0.498 e. The molecule has 2 aliphatic rings. The van der Waals surface area contributed by atoms with Crippen molar-refractivity contribution in [3.8, 4) is 5.75 Å². The highest BCUT2D eigenvalue weighted by atomic mass is 16.7. The molecule has 0 aromatic heterocycles. The lowest BCUT2D eigenvalue weighted by molar-refractivity contribution is -0.148. The van der Waals surface area contributed by atoms with Crippen molar-refractivity contribution in [3.05, 3.63) is 23.8 Å². The van der Waals surface area contributed by atoms with Crippen LogP contribution in [0.2, 0.25) is 0 Å². The number of hydrogen-bond acceptors (Lipinski definition) is 5. The van der Waals surface area contributed by atoms with Crippen LogP contribution in [0.15, 0.2) is 18.2 Å². The van der Waals surface area contributed by atoms with Crippen molar-refractivity contribution in [1.82, 2.24) is 0 Å². The average molecular weight is 346 g/mol. The van der Waals surface area contributed by atoms with Crippen molar-refractivity contribution in [2.24, 2.45) is 5.92 Å². The third-order valence-corrected chi connectivity index (χ3v) is 5.90. The summed E-state index contributed by atoms with van der Waals surface area (Å²) in [6, 6.07) is 6.12. The molecule has 1 aromatic rings. The van der Waals surface area contributed by atoms with E-state index in [1.807, 2.05) is 33.8 Å². The minimum atomic E-state index is -0.462. The number of benzene rings is 1. The predicted molar refractivity (Wildman–Crippen MR) is 96.2 cm³/mol. The minimum Gasteiger partial charge on any atom is -0.497 e. The van der Waals surface area contributed by atoms with Crippen LogP contribution in [-0.4, -0.2) is 38.5 Å². The fourth-order valence-electron chi connectivity index (χ4n) is 3.41. The molecule has 0 bridgehead atoms. The first-order valence-electron chi connectivity index (χ1n) is 8.80. The molecule has 3 rings (SSSR count). The van der Waals surface area contributed by atoms with E-state index in [4.69, 9.17) is 18.8 Å². The molecule has 2 fully saturated rings. The molecule has 0 unspecified atom stereocenters. The number of esters is 1. The van der Waals surface area contributed by atoms with Crippen LogP contribution in [0, 0.1) is 5.92 Å². The predicted octanol–water partition coefficient (Wildman–Crippen LogP) is 2.66. The lowest BCUT2D eigenvalue weighted by Gasteiger charge is -2.34. The lowest BCUT2D eigenvalue weighted by Crippen LogP contribution is -2.41. The Morgan fingerprint density at radius 3 is 2.24 bits per heavy atom. The van der Waals surface area contributed by atoms with E-state index in [1.54, 1.807) is 7.11 Å². The summed E-state index contributed by atoms with van der Waals surface area (Å²) in [6.07, 6.45) is 1.64. The van der Waals surface area contributed by atoms with Crippen molar-refractivity contribution in [3.63, 3.8) is 0 Å². The van der Waals surface area contributed by atoms with Gasteiger partial charge in [0.25, 0.3) is 0 Å². The Balaban J connectivity index is 1.82. The molecule has 6 heteroatoms. The molecule has 136 valence electrons. The Kier molecular flexibility index (Phi) is 4.62. The summed E-state index contributed by atoms with van der Waals surface area (Å²) in [7, 11) is 2.64. The van der Waals surface area contributed by atoms with Crippen LogP contribution in [0.1, 0.15) is 52.0 Å². The zero-order valence-corrected chi connectivity index (χ0v) is 15.9. The molecule has 1 saturated heterocycles. The molecule has 1 aromatic carbocycles. The van der Waals surface area contributed by atoms with Crippen molar-refractivity contribution in [2.45, 2.75) is 57.7 Å². The highest BCUT2D eigenvalue weighted by Crippen LogP contribution is 2.43. The van der Waals surface area contributed by atoms with E-state index in [-0.39, 0.29) is 11.9 Å². The number of rotatable bonds is 4. The van der Waals surface area contributed by atoms with E-state index in [2.05, 4.69) is 12.1 Å². The molecule has 1 saturated carbocycles. The Morgan fingerprint density at radius 1 is 1.12 bits per heavy atom. The highest BCUT2D eigenvalue weighted by molar-refractivity contribution is 6.63. The van der Waals surface area contributed by atoms with E-state index in [9.17, 15) is 4.79 Å². The first-order chi connectivity index (χ1) is 11.7. The summed E-state index contributed by atoms with van der Waals surface area (Å²) in [5, 5.41) is 0. The molecular weight excluding hydrogens is 319 g/mol. The van der Waals surface area contributed by atoms with Gasteiger partial charge >= 0.3 is 13.1 Å². The summed E-state index contributed by atoms with van der Waals surface area (Å²) >= 11 is 0. The first-order valence-corrected chi connectivity index (χ1v) is 8.80. The number of carbonyl (C=O) groups excluding carboxylic acids is 1. The minimum absolute atomic E-state index is 0.0115. The maximum absolute atomic E-state index is 11.6. The summed E-state index contributed by atoms with van der Waals surface area (Å²) in [4.78, 5) is 11.6. The highest BCUT2D eigenvalue weighted by Gasteiger charge is 2.52. The maximum Gasteiger partial charge on any atom is 0.498 e. The van der Waals surface area contributed by atoms with Crippen molar-refractivity contribution < 1.29 is 23.6 Å². The van der Waals surface area contributed by atoms with Crippen LogP contribution in [0.4, 0.5) is 0 Å². The molecule has 0 spiro atoms. The van der Waals surface area contributed by atoms with Gasteiger partial charge in [-0.15, -0.1) is 0 Å². The van der Waals surface area contributed by atoms with Gasteiger partial charge in [0.15, 0.2) is 0 Å². The summed E-state index contributed by atoms with van der Waals surface area (Å²) in [6.45, 7) is 8.15. The van der Waals surface area contributed by atoms with Gasteiger partial charge in [-0.1, -0.05) is 12.1 Å². The van der Waals surface area contributed by atoms with Crippen molar-refractivity contribution >= 4 is 18.6 Å². The molecule has 0 radical (unpaired) electrons. The van der Waals surface area contributed by atoms with Gasteiger partial charge in [0.1, 0.15) is 5.75 Å². The fourth-order valence-corrected chi connectivity index (χ4v) is 3.41. The van der Waals surface area contributed by atoms with Gasteiger partial charge in [0.05, 0.1) is 31.3 Å². The second-order valence-corrected chi connectivity index (χ2v) is 7.98. The zero-order valence-electron chi connectivity index (χ0n) is 15.9. The molecule has 1 aliphatic heterocycles. The van der Waals surface area contributed by atoms with Gasteiger partial charge in [0, 0.05) is 5.46 Å². The number of methoxy groups -OCH3 is 2. The second kappa shape index (κ2) is 6.33. The van der Waals surface area contributed by atoms with Crippen LogP contribution in [0.5, 0.6) is 5.75 Å². The van der Waals surface area contributed by atoms with Crippen LogP contribution in [0.3, 0.4) is 0 Å². The summed E-state index contributed by atoms with van der Waals surface area (Å²) < 4.78 is 22.7. The van der Waals surface area contributed by atoms with Crippen LogP contribution < -0.4 is 10.2 Å². The quantitative estimate of drug-likeness (QED) is 0.620. The zero-order chi connectivity index (χ0) is 18.4. The lowest BCUT2D eigenvalue weighted by atomic mass is 9.69. The van der Waals surface area contributed by atoms with E-state index < -0.39 is 18.3 Å². The van der Waals surface area contributed by atoms with Crippen LogP contribution in [-0.2, 0) is 18.8 Å². The Bertz CT molecular complexity index is 648. The van der Waals surface area contributed by atoms with Crippen LogP contribution in [0.25, 0.3) is 0 Å². The van der Waals surface area contributed by atoms with Gasteiger partial charge in [-0.3, -0.25) is 4.79 Å². The van der Waals surface area contributed by atoms with Crippen LogP contribution >= 0.6 is 0 Å². The summed E-state index contributed by atoms with van der Waals surface area (Å²) in [5.41, 5.74) is 1.29. The van der Waals surface area contributed by atoms with E-state index in [0.29, 0.717) is 5.92 Å². The molecular formula is C19H27BO5. The normalized spacial score (nSPS) is 26.9. The fraction of sp³-hybridized carbons (Fsp3) is 0.632. The number of hydrogen-bond donors (Lipinski definition) is 0. The van der Waals surface area contributed by atoms with Gasteiger partial charge in [-0.2, -0.15) is 0 Å². The van der Waals surface area contributed by atoms with Crippen molar-refractivity contribution in [2.75, 3.05) is 14.2 Å². The Labute approximate surface area is 150 Å². The molecule has 0 amide bonds. The van der Waals surface area contributed by atoms with E-state index >= 15 is 0 Å². The number of carbonyl (C=O) groups is 1. The summed E-state index contributed by atoms with van der Waals surface area (Å²) in [5.74, 6) is 1.01. The third kappa shape index (κ3) is 3.18. The monoisotopic (exact) mass is 346 g/mol. The molecule has 1 heterocycles. The Morgan fingerprint density at radius 2 is 1.72 bits per heavy atom. The molecule has 1 aliphatic carbocycles. The molecule has 0 N–H and O–H groups in total. The van der Waals surface area contributed by atoms with Crippen molar-refractivity contribution in [1.29, 1.82) is 0 Å². The third-order valence-electron chi connectivity index (χ3n) is 5.90. The van der Waals surface area contributed by atoms with Gasteiger partial charge in [0.2, 0.25) is 0 Å². The molecule has 25 heavy (non-hydrogen) atoms. The SMILES string of the molecule is COc1ccc([C@H]2C[C@H](C(=O)OC)C2)cc1B1OC(C)(C)C(C)(C)O1. The molecule has 0 atom stereocenters. The van der Waals surface area contributed by atoms with Gasteiger partial charge in [-0.05, 0) is 58.1 Å². The molecule has 5 nitrogen and oxygen atoms in total. The van der Waals surface area contributed by atoms with E-state index in [0.717, 1.165) is 24.1 Å². The van der Waals surface area contributed by atoms with E-state index in [1.165, 1.54) is 12.7 Å². The number of ether oxygens (including phenoxy) is 2. The maximum atomic E-state index is 11.6. The Hall–Kier alpha value is -1.53. The average Bonchev–Trinajstić information content (AvgIpc) is 2.73. The second-order valence-electron chi connectivity index (χ2n) is 7.98. The smallest absolute Gasteiger partial charge is 0.497 e. The standard InChI is InChI=1S/C19H27BO5/c1-18(2)19(3,4)25-20(24-18)15-11-12(7-8-16(15)22-5)13-9-14(10-13)17(21)23-6/h7-8,11,13-14H,9-10H2,1-6H3/t13-,14-. The topological polar surface area (TPSA) is 54.0 Å².